The monoisotopic (exact) mass is 232 g/mol. The summed E-state index contributed by atoms with van der Waals surface area (Å²) in [5.74, 6) is 3.39. The third kappa shape index (κ3) is 3.09. The summed E-state index contributed by atoms with van der Waals surface area (Å²) in [7, 11) is 0. The van der Waals surface area contributed by atoms with Gasteiger partial charge in [0, 0.05) is 0 Å². The Balaban J connectivity index is 1.70. The van der Waals surface area contributed by atoms with E-state index in [1.54, 1.807) is 57.5 Å². The van der Waals surface area contributed by atoms with Gasteiger partial charge in [0.2, 0.25) is 0 Å². The Hall–Kier alpha value is 0.0649. The third-order valence-corrected chi connectivity index (χ3v) is 6.05. The molecule has 4 aliphatic rings. The average Bonchev–Trinajstić information content (AvgIpc) is 2.51. The first kappa shape index (κ1) is 12.1. The van der Waals surface area contributed by atoms with E-state index in [1.165, 1.54) is 25.7 Å². The van der Waals surface area contributed by atoms with Gasteiger partial charge in [-0.1, -0.05) is 76.7 Å². The molecule has 0 N–H and O–H groups in total. The number of fused-ring (bicyclic) bond motifs is 6. The molecule has 0 radical (unpaired) electrons. The Labute approximate surface area is 108 Å². The molecule has 0 nitrogen and oxygen atoms in total. The van der Waals surface area contributed by atoms with E-state index in [9.17, 15) is 0 Å². The zero-order valence-electron chi connectivity index (χ0n) is 11.5. The second kappa shape index (κ2) is 5.80. The fourth-order valence-corrected chi connectivity index (χ4v) is 5.05. The Morgan fingerprint density at radius 3 is 2.53 bits per heavy atom. The van der Waals surface area contributed by atoms with E-state index in [0.29, 0.717) is 0 Å². The molecule has 4 bridgehead atoms. The highest BCUT2D eigenvalue weighted by Gasteiger charge is 2.34. The summed E-state index contributed by atoms with van der Waals surface area (Å²) in [5.41, 5.74) is 0. The van der Waals surface area contributed by atoms with Crippen LogP contribution in [0.5, 0.6) is 0 Å². The smallest absolute Gasteiger partial charge is 0.0741 e. The third-order valence-electron chi connectivity index (χ3n) is 6.05. The molecular weight excluding hydrogens is 203 g/mol. The second-order valence-electron chi connectivity index (χ2n) is 7.22. The first-order valence-corrected chi connectivity index (χ1v) is 8.42. The van der Waals surface area contributed by atoms with Crippen LogP contribution in [0.4, 0.5) is 0 Å². The molecule has 17 heavy (non-hydrogen) atoms. The Morgan fingerprint density at radius 1 is 0.647 bits per heavy atom. The van der Waals surface area contributed by atoms with Gasteiger partial charge in [-0.25, -0.2) is 0 Å². The van der Waals surface area contributed by atoms with Crippen LogP contribution in [0.15, 0.2) is 0 Å². The van der Waals surface area contributed by atoms with Crippen molar-refractivity contribution in [1.29, 1.82) is 0 Å². The molecule has 96 valence electrons. The van der Waals surface area contributed by atoms with Crippen molar-refractivity contribution < 1.29 is 0 Å². The highest BCUT2D eigenvalue weighted by molar-refractivity contribution is 6.58. The van der Waals surface area contributed by atoms with Crippen LogP contribution in [0.25, 0.3) is 0 Å². The van der Waals surface area contributed by atoms with Crippen LogP contribution in [0.2, 0.25) is 19.0 Å². The van der Waals surface area contributed by atoms with Crippen molar-refractivity contribution >= 4 is 6.71 Å². The van der Waals surface area contributed by atoms with Crippen LogP contribution >= 0.6 is 0 Å². The molecule has 3 heterocycles. The van der Waals surface area contributed by atoms with Crippen molar-refractivity contribution in [2.24, 2.45) is 17.8 Å². The zero-order chi connectivity index (χ0) is 11.5. The summed E-state index contributed by atoms with van der Waals surface area (Å²) in [4.78, 5) is 0. The van der Waals surface area contributed by atoms with Crippen LogP contribution in [0, 0.1) is 17.8 Å². The molecule has 3 unspecified atom stereocenters. The van der Waals surface area contributed by atoms with Crippen molar-refractivity contribution in [3.05, 3.63) is 0 Å². The van der Waals surface area contributed by atoms with Gasteiger partial charge in [0.25, 0.3) is 0 Å². The van der Waals surface area contributed by atoms with E-state index in [4.69, 9.17) is 0 Å². The molecule has 0 aromatic rings. The van der Waals surface area contributed by atoms with Gasteiger partial charge in [-0.2, -0.15) is 0 Å². The second-order valence-corrected chi connectivity index (χ2v) is 7.22. The predicted molar refractivity (Wildman–Crippen MR) is 76.8 cm³/mol. The van der Waals surface area contributed by atoms with Gasteiger partial charge in [0.1, 0.15) is 6.71 Å². The molecule has 0 aromatic carbocycles. The maximum Gasteiger partial charge on any atom is 0.140 e. The standard InChI is InChI=1S/C16H29B/c1-2-4-10-17-11-5-7-15-12-14(6-3-1)8-9-16(15)13-17/h14-16H,1-13H2. The minimum atomic E-state index is 1.11. The molecule has 4 fully saturated rings. The van der Waals surface area contributed by atoms with Crippen molar-refractivity contribution in [2.75, 3.05) is 0 Å². The SMILES string of the molecule is C1CCCC2CCC3CB(CC1)CCCC3C2. The first-order valence-electron chi connectivity index (χ1n) is 8.42. The number of hydrogen-bond acceptors (Lipinski definition) is 0. The molecular formula is C16H29B. The molecule has 0 spiro atoms. The van der Waals surface area contributed by atoms with Crippen LogP contribution in [0.1, 0.15) is 64.2 Å². The molecule has 1 heteroatoms. The van der Waals surface area contributed by atoms with E-state index in [0.717, 1.165) is 24.5 Å². The van der Waals surface area contributed by atoms with Crippen molar-refractivity contribution in [2.45, 2.75) is 83.2 Å². The largest absolute Gasteiger partial charge is 0.140 e. The fraction of sp³-hybridized carbons (Fsp3) is 1.00. The van der Waals surface area contributed by atoms with Gasteiger partial charge in [0.15, 0.2) is 0 Å². The fourth-order valence-electron chi connectivity index (χ4n) is 5.05. The van der Waals surface area contributed by atoms with E-state index in [2.05, 4.69) is 0 Å². The van der Waals surface area contributed by atoms with Crippen LogP contribution < -0.4 is 0 Å². The summed E-state index contributed by atoms with van der Waals surface area (Å²) in [6.45, 7) is 1.11. The highest BCUT2D eigenvalue weighted by Crippen LogP contribution is 2.44. The number of hydrogen-bond donors (Lipinski definition) is 0. The lowest BCUT2D eigenvalue weighted by atomic mass is 9.40. The topological polar surface area (TPSA) is 0 Å². The van der Waals surface area contributed by atoms with Crippen LogP contribution in [-0.2, 0) is 0 Å². The van der Waals surface area contributed by atoms with Crippen molar-refractivity contribution in [3.63, 3.8) is 0 Å². The molecule has 1 saturated carbocycles. The summed E-state index contributed by atoms with van der Waals surface area (Å²) >= 11 is 0. The van der Waals surface area contributed by atoms with Gasteiger partial charge in [-0.05, 0) is 24.2 Å². The maximum atomic E-state index is 1.61. The molecule has 4 rings (SSSR count). The van der Waals surface area contributed by atoms with Gasteiger partial charge in [0.05, 0.1) is 0 Å². The zero-order valence-corrected chi connectivity index (χ0v) is 11.5. The quantitative estimate of drug-likeness (QED) is 0.499. The summed E-state index contributed by atoms with van der Waals surface area (Å²) in [6.07, 6.45) is 20.3. The van der Waals surface area contributed by atoms with E-state index in [-0.39, 0.29) is 0 Å². The van der Waals surface area contributed by atoms with Crippen LogP contribution in [0.3, 0.4) is 0 Å². The predicted octanol–water partition coefficient (Wildman–Crippen LogP) is 5.27. The Morgan fingerprint density at radius 2 is 1.53 bits per heavy atom. The number of rotatable bonds is 0. The normalized spacial score (nSPS) is 39.5. The average molecular weight is 232 g/mol. The summed E-state index contributed by atoms with van der Waals surface area (Å²) in [6, 6.07) is 0. The molecule has 3 aliphatic heterocycles. The van der Waals surface area contributed by atoms with Crippen LogP contribution in [-0.4, -0.2) is 6.71 Å². The van der Waals surface area contributed by atoms with Gasteiger partial charge in [-0.3, -0.25) is 0 Å². The molecule has 1 aliphatic carbocycles. The Bertz CT molecular complexity index is 238. The van der Waals surface area contributed by atoms with Crippen molar-refractivity contribution in [1.82, 2.24) is 0 Å². The molecule has 0 amide bonds. The maximum absolute atomic E-state index is 1.61. The lowest BCUT2D eigenvalue weighted by Crippen LogP contribution is -2.26. The summed E-state index contributed by atoms with van der Waals surface area (Å²) < 4.78 is 0. The van der Waals surface area contributed by atoms with E-state index >= 15 is 0 Å². The molecule has 3 saturated heterocycles. The summed E-state index contributed by atoms with van der Waals surface area (Å²) in [5, 5.41) is 0. The van der Waals surface area contributed by atoms with Gasteiger partial charge < -0.3 is 0 Å². The lowest BCUT2D eigenvalue weighted by Gasteiger charge is -2.36. The molecule has 0 aromatic heterocycles. The Kier molecular flexibility index (Phi) is 4.14. The minimum absolute atomic E-state index is 1.11. The van der Waals surface area contributed by atoms with Crippen molar-refractivity contribution in [3.8, 4) is 0 Å². The lowest BCUT2D eigenvalue weighted by molar-refractivity contribution is 0.175. The first-order chi connectivity index (χ1) is 8.42. The minimum Gasteiger partial charge on any atom is -0.0741 e. The molecule has 3 atom stereocenters. The highest BCUT2D eigenvalue weighted by atomic mass is 14.3. The van der Waals surface area contributed by atoms with Gasteiger partial charge in [-0.15, -0.1) is 0 Å². The van der Waals surface area contributed by atoms with E-state index in [1.807, 2.05) is 0 Å². The van der Waals surface area contributed by atoms with E-state index < -0.39 is 0 Å². The van der Waals surface area contributed by atoms with Gasteiger partial charge >= 0.3 is 0 Å².